The van der Waals surface area contributed by atoms with Gasteiger partial charge >= 0.3 is 0 Å². The van der Waals surface area contributed by atoms with Gasteiger partial charge in [0.25, 0.3) is 5.91 Å². The predicted molar refractivity (Wildman–Crippen MR) is 59.5 cm³/mol. The number of hydrogen-bond acceptors (Lipinski definition) is 2. The van der Waals surface area contributed by atoms with Crippen LogP contribution in [0.15, 0.2) is 24.4 Å². The largest absolute Gasteiger partial charge is 0.397 e. The molecule has 18 heavy (non-hydrogen) atoms. The van der Waals surface area contributed by atoms with Crippen LogP contribution in [0.4, 0.5) is 24.5 Å². The van der Waals surface area contributed by atoms with Crippen LogP contribution < -0.4 is 11.1 Å². The number of anilines is 2. The number of benzene rings is 1. The van der Waals surface area contributed by atoms with Crippen molar-refractivity contribution < 1.29 is 18.0 Å². The smallest absolute Gasteiger partial charge is 0.272 e. The molecule has 4 nitrogen and oxygen atoms in total. The van der Waals surface area contributed by atoms with Gasteiger partial charge in [-0.05, 0) is 18.2 Å². The van der Waals surface area contributed by atoms with E-state index in [9.17, 15) is 18.0 Å². The van der Waals surface area contributed by atoms with Gasteiger partial charge in [0, 0.05) is 11.9 Å². The topological polar surface area (TPSA) is 70.9 Å². The van der Waals surface area contributed by atoms with Crippen molar-refractivity contribution in [1.29, 1.82) is 0 Å². The van der Waals surface area contributed by atoms with Crippen LogP contribution >= 0.6 is 0 Å². The predicted octanol–water partition coefficient (Wildman–Crippen LogP) is 2.27. The summed E-state index contributed by atoms with van der Waals surface area (Å²) in [6, 6.07) is 2.97. The number of amides is 1. The number of nitrogen functional groups attached to an aromatic ring is 1. The second kappa shape index (κ2) is 4.44. The fraction of sp³-hybridized carbons (Fsp3) is 0. The molecule has 0 saturated heterocycles. The lowest BCUT2D eigenvalue weighted by Gasteiger charge is -2.06. The van der Waals surface area contributed by atoms with Crippen LogP contribution in [0.25, 0.3) is 0 Å². The third kappa shape index (κ3) is 2.15. The molecule has 0 aliphatic heterocycles. The Labute approximate surface area is 99.6 Å². The van der Waals surface area contributed by atoms with Crippen LogP contribution in [0, 0.1) is 17.5 Å². The summed E-state index contributed by atoms with van der Waals surface area (Å²) in [5, 5.41) is 2.10. The number of rotatable bonds is 2. The molecule has 2 rings (SSSR count). The SMILES string of the molecule is Nc1c[nH]c(C(=O)Nc2ccc(F)c(F)c2F)c1. The molecular formula is C11H8F3N3O. The highest BCUT2D eigenvalue weighted by molar-refractivity contribution is 6.03. The Hall–Kier alpha value is -2.44. The Morgan fingerprint density at radius 2 is 1.94 bits per heavy atom. The molecule has 4 N–H and O–H groups in total. The number of carbonyl (C=O) groups is 1. The lowest BCUT2D eigenvalue weighted by Crippen LogP contribution is -2.14. The van der Waals surface area contributed by atoms with Gasteiger partial charge in [-0.15, -0.1) is 0 Å². The van der Waals surface area contributed by atoms with E-state index in [0.717, 1.165) is 12.1 Å². The third-order valence-corrected chi connectivity index (χ3v) is 2.23. The van der Waals surface area contributed by atoms with Crippen LogP contribution in [-0.2, 0) is 0 Å². The Morgan fingerprint density at radius 1 is 1.22 bits per heavy atom. The zero-order valence-electron chi connectivity index (χ0n) is 8.93. The van der Waals surface area contributed by atoms with Gasteiger partial charge in [0.05, 0.1) is 5.69 Å². The van der Waals surface area contributed by atoms with Crippen LogP contribution in [0.5, 0.6) is 0 Å². The first kappa shape index (κ1) is 12.0. The van der Waals surface area contributed by atoms with E-state index in [0.29, 0.717) is 5.69 Å². The van der Waals surface area contributed by atoms with Gasteiger partial charge < -0.3 is 16.0 Å². The van der Waals surface area contributed by atoms with Crippen molar-refractivity contribution in [2.45, 2.75) is 0 Å². The van der Waals surface area contributed by atoms with Gasteiger partial charge in [0.2, 0.25) is 0 Å². The van der Waals surface area contributed by atoms with Crippen LogP contribution in [0.2, 0.25) is 0 Å². The Kier molecular flexibility index (Phi) is 2.97. The van der Waals surface area contributed by atoms with Crippen molar-refractivity contribution in [3.05, 3.63) is 47.5 Å². The van der Waals surface area contributed by atoms with Crippen molar-refractivity contribution in [3.8, 4) is 0 Å². The molecule has 1 heterocycles. The second-order valence-electron chi connectivity index (χ2n) is 3.52. The van der Waals surface area contributed by atoms with Gasteiger partial charge in [0.1, 0.15) is 5.69 Å². The zero-order chi connectivity index (χ0) is 13.3. The number of carbonyl (C=O) groups excluding carboxylic acids is 1. The van der Waals surface area contributed by atoms with E-state index < -0.39 is 29.0 Å². The molecule has 0 bridgehead atoms. The Morgan fingerprint density at radius 3 is 2.56 bits per heavy atom. The first-order valence-corrected chi connectivity index (χ1v) is 4.88. The lowest BCUT2D eigenvalue weighted by atomic mass is 10.2. The van der Waals surface area contributed by atoms with Crippen LogP contribution in [0.1, 0.15) is 10.5 Å². The number of aromatic amines is 1. The molecule has 94 valence electrons. The van der Waals surface area contributed by atoms with Crippen molar-refractivity contribution in [2.75, 3.05) is 11.1 Å². The molecule has 7 heteroatoms. The molecule has 0 spiro atoms. The van der Waals surface area contributed by atoms with Gasteiger partial charge in [-0.1, -0.05) is 0 Å². The van der Waals surface area contributed by atoms with Gasteiger partial charge in [0.15, 0.2) is 17.5 Å². The maximum atomic E-state index is 13.3. The van der Waals surface area contributed by atoms with Crippen molar-refractivity contribution in [1.82, 2.24) is 4.98 Å². The van der Waals surface area contributed by atoms with E-state index in [-0.39, 0.29) is 5.69 Å². The molecule has 0 aliphatic carbocycles. The summed E-state index contributed by atoms with van der Waals surface area (Å²) in [6.45, 7) is 0. The monoisotopic (exact) mass is 255 g/mol. The number of halogens is 3. The summed E-state index contributed by atoms with van der Waals surface area (Å²) in [5.41, 5.74) is 5.34. The summed E-state index contributed by atoms with van der Waals surface area (Å²) in [6.07, 6.45) is 1.37. The molecule has 1 aromatic heterocycles. The van der Waals surface area contributed by atoms with E-state index in [1.54, 1.807) is 0 Å². The van der Waals surface area contributed by atoms with E-state index in [2.05, 4.69) is 10.3 Å². The van der Waals surface area contributed by atoms with E-state index in [4.69, 9.17) is 5.73 Å². The summed E-state index contributed by atoms with van der Waals surface area (Å²) in [4.78, 5) is 14.1. The van der Waals surface area contributed by atoms with Crippen molar-refractivity contribution in [3.63, 3.8) is 0 Å². The van der Waals surface area contributed by atoms with Gasteiger partial charge in [-0.2, -0.15) is 0 Å². The molecule has 1 amide bonds. The van der Waals surface area contributed by atoms with Crippen LogP contribution in [0.3, 0.4) is 0 Å². The highest BCUT2D eigenvalue weighted by Gasteiger charge is 2.16. The molecule has 0 atom stereocenters. The van der Waals surface area contributed by atoms with Gasteiger partial charge in [-0.25, -0.2) is 13.2 Å². The zero-order valence-corrected chi connectivity index (χ0v) is 8.93. The fourth-order valence-corrected chi connectivity index (χ4v) is 1.35. The average molecular weight is 255 g/mol. The Bertz CT molecular complexity index is 610. The fourth-order valence-electron chi connectivity index (χ4n) is 1.35. The highest BCUT2D eigenvalue weighted by atomic mass is 19.2. The summed E-state index contributed by atoms with van der Waals surface area (Å²) < 4.78 is 38.9. The summed E-state index contributed by atoms with van der Waals surface area (Å²) in [7, 11) is 0. The third-order valence-electron chi connectivity index (χ3n) is 2.23. The number of aromatic nitrogens is 1. The first-order chi connectivity index (χ1) is 8.49. The number of H-pyrrole nitrogens is 1. The number of nitrogens with one attached hydrogen (secondary N) is 2. The molecule has 0 aliphatic rings. The molecule has 0 unspecified atom stereocenters. The molecule has 2 aromatic rings. The highest BCUT2D eigenvalue weighted by Crippen LogP contribution is 2.20. The minimum Gasteiger partial charge on any atom is -0.397 e. The Balaban J connectivity index is 2.25. The summed E-state index contributed by atoms with van der Waals surface area (Å²) >= 11 is 0. The minimum atomic E-state index is -1.64. The molecule has 0 radical (unpaired) electrons. The maximum absolute atomic E-state index is 13.3. The normalized spacial score (nSPS) is 10.4. The molecular weight excluding hydrogens is 247 g/mol. The van der Waals surface area contributed by atoms with E-state index in [1.165, 1.54) is 12.3 Å². The maximum Gasteiger partial charge on any atom is 0.272 e. The van der Waals surface area contributed by atoms with E-state index in [1.807, 2.05) is 0 Å². The standard InChI is InChI=1S/C11H8F3N3O/c12-6-1-2-7(10(14)9(6)13)17-11(18)8-3-5(15)4-16-8/h1-4,16H,15H2,(H,17,18). The van der Waals surface area contributed by atoms with Crippen molar-refractivity contribution >= 4 is 17.3 Å². The quantitative estimate of drug-likeness (QED) is 0.720. The number of nitrogens with two attached hydrogens (primary N) is 1. The average Bonchev–Trinajstić information content (AvgIpc) is 2.77. The second-order valence-corrected chi connectivity index (χ2v) is 3.52. The lowest BCUT2D eigenvalue weighted by molar-refractivity contribution is 0.102. The molecule has 0 saturated carbocycles. The van der Waals surface area contributed by atoms with Crippen molar-refractivity contribution in [2.24, 2.45) is 0 Å². The molecule has 0 fully saturated rings. The van der Waals surface area contributed by atoms with E-state index >= 15 is 0 Å². The number of hydrogen-bond donors (Lipinski definition) is 3. The van der Waals surface area contributed by atoms with Crippen LogP contribution in [-0.4, -0.2) is 10.9 Å². The first-order valence-electron chi connectivity index (χ1n) is 4.88. The van der Waals surface area contributed by atoms with Gasteiger partial charge in [-0.3, -0.25) is 4.79 Å². The minimum absolute atomic E-state index is 0.0802. The molecule has 1 aromatic carbocycles. The summed E-state index contributed by atoms with van der Waals surface area (Å²) in [5.74, 6) is -5.13.